The van der Waals surface area contributed by atoms with Gasteiger partial charge in [0.05, 0.1) is 5.41 Å². The Hall–Kier alpha value is -0.240. The van der Waals surface area contributed by atoms with E-state index < -0.39 is 5.41 Å². The van der Waals surface area contributed by atoms with E-state index in [-0.39, 0.29) is 11.9 Å². The van der Waals surface area contributed by atoms with Crippen LogP contribution in [-0.4, -0.2) is 17.8 Å². The minimum absolute atomic E-state index is 0.0419. The molecule has 84 valence electrons. The molecule has 0 saturated heterocycles. The Kier molecular flexibility index (Phi) is 5.50. The number of amides is 1. The van der Waals surface area contributed by atoms with Crippen molar-refractivity contribution in [3.8, 4) is 0 Å². The van der Waals surface area contributed by atoms with Gasteiger partial charge in [-0.1, -0.05) is 20.3 Å². The third-order valence-electron chi connectivity index (χ3n) is 2.81. The molecule has 0 radical (unpaired) electrons. The summed E-state index contributed by atoms with van der Waals surface area (Å²) in [5.41, 5.74) is -0.469. The summed E-state index contributed by atoms with van der Waals surface area (Å²) < 4.78 is 0. The van der Waals surface area contributed by atoms with Gasteiger partial charge in [-0.3, -0.25) is 4.79 Å². The summed E-state index contributed by atoms with van der Waals surface area (Å²) in [7, 11) is 0. The summed E-state index contributed by atoms with van der Waals surface area (Å²) in [6, 6.07) is 0.218. The fraction of sp³-hybridized carbons (Fsp3) is 0.909. The fourth-order valence-corrected chi connectivity index (χ4v) is 1.08. The van der Waals surface area contributed by atoms with Crippen LogP contribution < -0.4 is 5.32 Å². The van der Waals surface area contributed by atoms with Gasteiger partial charge in [0.2, 0.25) is 5.91 Å². The molecule has 0 aromatic carbocycles. The lowest BCUT2D eigenvalue weighted by Gasteiger charge is -2.26. The number of alkyl halides is 1. The minimum Gasteiger partial charge on any atom is -0.353 e. The van der Waals surface area contributed by atoms with Crippen molar-refractivity contribution < 1.29 is 4.79 Å². The third-order valence-corrected chi connectivity index (χ3v) is 3.47. The highest BCUT2D eigenvalue weighted by Crippen LogP contribution is 2.18. The molecule has 0 spiro atoms. The Morgan fingerprint density at radius 3 is 2.29 bits per heavy atom. The molecule has 0 fully saturated rings. The van der Waals surface area contributed by atoms with E-state index in [0.29, 0.717) is 11.8 Å². The largest absolute Gasteiger partial charge is 0.353 e. The molecule has 0 aliphatic heterocycles. The SMILES string of the molecule is CCC(C)C(C)NC(=O)C(C)(C)CCl. The van der Waals surface area contributed by atoms with E-state index in [2.05, 4.69) is 19.2 Å². The average molecular weight is 220 g/mol. The van der Waals surface area contributed by atoms with Crippen LogP contribution in [0.3, 0.4) is 0 Å². The Morgan fingerprint density at radius 2 is 1.93 bits per heavy atom. The predicted molar refractivity (Wildman–Crippen MR) is 61.6 cm³/mol. The van der Waals surface area contributed by atoms with Gasteiger partial charge in [0, 0.05) is 11.9 Å². The van der Waals surface area contributed by atoms with E-state index in [1.165, 1.54) is 0 Å². The lowest BCUT2D eigenvalue weighted by atomic mass is 9.93. The smallest absolute Gasteiger partial charge is 0.227 e. The van der Waals surface area contributed by atoms with E-state index >= 15 is 0 Å². The zero-order valence-electron chi connectivity index (χ0n) is 9.86. The Morgan fingerprint density at radius 1 is 1.43 bits per heavy atom. The zero-order valence-corrected chi connectivity index (χ0v) is 10.6. The summed E-state index contributed by atoms with van der Waals surface area (Å²) in [6.45, 7) is 10.0. The summed E-state index contributed by atoms with van der Waals surface area (Å²) in [6.07, 6.45) is 1.07. The molecule has 0 rings (SSSR count). The highest BCUT2D eigenvalue weighted by atomic mass is 35.5. The lowest BCUT2D eigenvalue weighted by Crippen LogP contribution is -2.44. The van der Waals surface area contributed by atoms with Gasteiger partial charge in [-0.05, 0) is 26.7 Å². The van der Waals surface area contributed by atoms with Gasteiger partial charge in [0.15, 0.2) is 0 Å². The van der Waals surface area contributed by atoms with Gasteiger partial charge in [0.25, 0.3) is 0 Å². The number of hydrogen-bond acceptors (Lipinski definition) is 1. The summed E-state index contributed by atoms with van der Waals surface area (Å²) in [5.74, 6) is 0.900. The molecule has 14 heavy (non-hydrogen) atoms. The Bertz CT molecular complexity index is 192. The highest BCUT2D eigenvalue weighted by molar-refractivity contribution is 6.19. The maximum absolute atomic E-state index is 11.7. The van der Waals surface area contributed by atoms with Crippen molar-refractivity contribution in [2.24, 2.45) is 11.3 Å². The first-order valence-corrected chi connectivity index (χ1v) is 5.75. The van der Waals surface area contributed by atoms with Crippen molar-refractivity contribution in [1.82, 2.24) is 5.32 Å². The first kappa shape index (κ1) is 13.8. The van der Waals surface area contributed by atoms with Gasteiger partial charge in [-0.25, -0.2) is 0 Å². The number of carbonyl (C=O) groups is 1. The van der Waals surface area contributed by atoms with Gasteiger partial charge in [0.1, 0.15) is 0 Å². The molecular formula is C11H22ClNO. The molecule has 3 heteroatoms. The van der Waals surface area contributed by atoms with Crippen molar-refractivity contribution in [2.75, 3.05) is 5.88 Å². The maximum Gasteiger partial charge on any atom is 0.227 e. The number of carbonyl (C=O) groups excluding carboxylic acids is 1. The standard InChI is InChI=1S/C11H22ClNO/c1-6-8(2)9(3)13-10(14)11(4,5)7-12/h8-9H,6-7H2,1-5H3,(H,13,14). The molecule has 2 nitrogen and oxygen atoms in total. The number of hydrogen-bond donors (Lipinski definition) is 1. The molecule has 2 unspecified atom stereocenters. The van der Waals surface area contributed by atoms with Gasteiger partial charge in [-0.15, -0.1) is 11.6 Å². The average Bonchev–Trinajstić information content (AvgIpc) is 2.16. The third kappa shape index (κ3) is 3.87. The lowest BCUT2D eigenvalue weighted by molar-refractivity contribution is -0.129. The fourth-order valence-electron chi connectivity index (χ4n) is 0.959. The monoisotopic (exact) mass is 219 g/mol. The van der Waals surface area contributed by atoms with Crippen molar-refractivity contribution in [3.63, 3.8) is 0 Å². The van der Waals surface area contributed by atoms with E-state index in [1.807, 2.05) is 20.8 Å². The zero-order chi connectivity index (χ0) is 11.4. The first-order chi connectivity index (χ1) is 6.35. The van der Waals surface area contributed by atoms with E-state index in [4.69, 9.17) is 11.6 Å². The Labute approximate surface area is 92.4 Å². The van der Waals surface area contributed by atoms with Crippen LogP contribution in [0.2, 0.25) is 0 Å². The van der Waals surface area contributed by atoms with Crippen LogP contribution in [0.4, 0.5) is 0 Å². The molecule has 0 aromatic rings. The van der Waals surface area contributed by atoms with Crippen LogP contribution in [0.1, 0.15) is 41.0 Å². The molecule has 2 atom stereocenters. The molecular weight excluding hydrogens is 198 g/mol. The molecule has 0 saturated carbocycles. The van der Waals surface area contributed by atoms with E-state index in [9.17, 15) is 4.79 Å². The normalized spacial score (nSPS) is 16.1. The van der Waals surface area contributed by atoms with Crippen LogP contribution in [0.25, 0.3) is 0 Å². The molecule has 0 aliphatic rings. The summed E-state index contributed by atoms with van der Waals surface area (Å²) in [4.78, 5) is 11.7. The van der Waals surface area contributed by atoms with Gasteiger partial charge >= 0.3 is 0 Å². The van der Waals surface area contributed by atoms with Crippen LogP contribution in [0.15, 0.2) is 0 Å². The second-order valence-corrected chi connectivity index (χ2v) is 4.93. The molecule has 1 amide bonds. The van der Waals surface area contributed by atoms with Gasteiger partial charge in [-0.2, -0.15) is 0 Å². The molecule has 0 heterocycles. The first-order valence-electron chi connectivity index (χ1n) is 5.22. The van der Waals surface area contributed by atoms with Crippen LogP contribution in [0, 0.1) is 11.3 Å². The van der Waals surface area contributed by atoms with Crippen LogP contribution in [0.5, 0.6) is 0 Å². The van der Waals surface area contributed by atoms with Crippen LogP contribution in [-0.2, 0) is 4.79 Å². The minimum atomic E-state index is -0.469. The number of nitrogens with one attached hydrogen (secondary N) is 1. The summed E-state index contributed by atoms with van der Waals surface area (Å²) >= 11 is 5.72. The van der Waals surface area contributed by atoms with Crippen molar-refractivity contribution in [1.29, 1.82) is 0 Å². The topological polar surface area (TPSA) is 29.1 Å². The molecule has 1 N–H and O–H groups in total. The Balaban J connectivity index is 4.19. The van der Waals surface area contributed by atoms with Crippen molar-refractivity contribution in [2.45, 2.75) is 47.1 Å². The number of rotatable bonds is 5. The second kappa shape index (κ2) is 5.59. The molecule has 0 bridgehead atoms. The summed E-state index contributed by atoms with van der Waals surface area (Å²) in [5, 5.41) is 3.00. The quantitative estimate of drug-likeness (QED) is 0.708. The second-order valence-electron chi connectivity index (χ2n) is 4.67. The number of halogens is 1. The van der Waals surface area contributed by atoms with Crippen molar-refractivity contribution in [3.05, 3.63) is 0 Å². The highest BCUT2D eigenvalue weighted by Gasteiger charge is 2.28. The maximum atomic E-state index is 11.7. The molecule has 0 aromatic heterocycles. The molecule has 0 aliphatic carbocycles. The van der Waals surface area contributed by atoms with Crippen molar-refractivity contribution >= 4 is 17.5 Å². The van der Waals surface area contributed by atoms with E-state index in [0.717, 1.165) is 6.42 Å². The van der Waals surface area contributed by atoms with E-state index in [1.54, 1.807) is 0 Å². The van der Waals surface area contributed by atoms with Crippen LogP contribution >= 0.6 is 11.6 Å². The predicted octanol–water partition coefficient (Wildman–Crippen LogP) is 2.80. The van der Waals surface area contributed by atoms with Gasteiger partial charge < -0.3 is 5.32 Å².